The molecule has 0 saturated carbocycles. The number of carboxylic acids is 1. The van der Waals surface area contributed by atoms with Gasteiger partial charge < -0.3 is 15.3 Å². The summed E-state index contributed by atoms with van der Waals surface area (Å²) in [5.41, 5.74) is 0. The van der Waals surface area contributed by atoms with E-state index >= 15 is 0 Å². The van der Waals surface area contributed by atoms with E-state index in [4.69, 9.17) is 15.3 Å². The topological polar surface area (TPSA) is 77.8 Å². The fourth-order valence-electron chi connectivity index (χ4n) is 2.67. The summed E-state index contributed by atoms with van der Waals surface area (Å²) in [6.45, 7) is 2.25. The molecule has 3 N–H and O–H groups in total. The van der Waals surface area contributed by atoms with E-state index in [1.807, 2.05) is 0 Å². The van der Waals surface area contributed by atoms with Crippen LogP contribution in [0.4, 0.5) is 0 Å². The standard InChI is InChI=1S/C18H36O4.Li/c1-2-3-4-5-6-7-8-9-10-11-12-13-14-15-16-18(21,22)17(19)20;/h21-22H,2-16H2,1H3,(H,19,20);. The number of carbonyl (C=O) groups is 1. The minimum atomic E-state index is -2.54. The fourth-order valence-corrected chi connectivity index (χ4v) is 2.67. The zero-order valence-electron chi connectivity index (χ0n) is 15.4. The van der Waals surface area contributed by atoms with E-state index in [-0.39, 0.29) is 25.3 Å². The molecule has 0 amide bonds. The van der Waals surface area contributed by atoms with Gasteiger partial charge in [0.2, 0.25) is 0 Å². The van der Waals surface area contributed by atoms with Crippen LogP contribution in [-0.4, -0.2) is 45.9 Å². The van der Waals surface area contributed by atoms with Gasteiger partial charge in [-0.1, -0.05) is 90.4 Å². The van der Waals surface area contributed by atoms with Gasteiger partial charge in [-0.25, -0.2) is 4.79 Å². The van der Waals surface area contributed by atoms with Gasteiger partial charge in [0.1, 0.15) is 0 Å². The molecule has 133 valence electrons. The minimum Gasteiger partial charge on any atom is -0.477 e. The summed E-state index contributed by atoms with van der Waals surface area (Å²) in [5.74, 6) is -4.10. The van der Waals surface area contributed by atoms with E-state index in [1.165, 1.54) is 64.2 Å². The van der Waals surface area contributed by atoms with Crippen LogP contribution in [0.1, 0.15) is 103 Å². The van der Waals surface area contributed by atoms with Crippen LogP contribution < -0.4 is 0 Å². The maximum atomic E-state index is 10.5. The first-order chi connectivity index (χ1) is 10.5. The number of aliphatic carboxylic acids is 1. The van der Waals surface area contributed by atoms with Gasteiger partial charge in [0.05, 0.1) is 0 Å². The van der Waals surface area contributed by atoms with E-state index in [0.717, 1.165) is 19.3 Å². The Balaban J connectivity index is 0. The Labute approximate surface area is 154 Å². The zero-order valence-corrected chi connectivity index (χ0v) is 15.4. The third-order valence-corrected chi connectivity index (χ3v) is 4.22. The quantitative estimate of drug-likeness (QED) is 0.225. The first-order valence-corrected chi connectivity index (χ1v) is 9.19. The third-order valence-electron chi connectivity index (χ3n) is 4.22. The molecule has 0 aromatic rings. The molecule has 0 aliphatic carbocycles. The molecule has 0 saturated heterocycles. The van der Waals surface area contributed by atoms with Crippen LogP contribution in [0.2, 0.25) is 0 Å². The second-order valence-corrected chi connectivity index (χ2v) is 6.47. The van der Waals surface area contributed by atoms with E-state index < -0.39 is 11.8 Å². The molecule has 0 aromatic heterocycles. The Morgan fingerprint density at radius 2 is 1.00 bits per heavy atom. The molecule has 0 bridgehead atoms. The van der Waals surface area contributed by atoms with Crippen molar-refractivity contribution in [3.63, 3.8) is 0 Å². The maximum Gasteiger partial charge on any atom is 0.364 e. The third kappa shape index (κ3) is 16.6. The minimum absolute atomic E-state index is 0. The summed E-state index contributed by atoms with van der Waals surface area (Å²) in [6, 6.07) is 0. The Bertz CT molecular complexity index is 270. The average Bonchev–Trinajstić information content (AvgIpc) is 2.47. The molecule has 4 nitrogen and oxygen atoms in total. The molecule has 0 rings (SSSR count). The van der Waals surface area contributed by atoms with E-state index in [1.54, 1.807) is 0 Å². The molecular formula is C18H36LiO4. The number of unbranched alkanes of at least 4 members (excludes halogenated alkanes) is 13. The molecule has 0 atom stereocenters. The van der Waals surface area contributed by atoms with Crippen molar-refractivity contribution in [3.05, 3.63) is 0 Å². The predicted octanol–water partition coefficient (Wildman–Crippen LogP) is 4.24. The molecular weight excluding hydrogens is 287 g/mol. The molecule has 1 radical (unpaired) electrons. The Kier molecular flexibility index (Phi) is 18.5. The summed E-state index contributed by atoms with van der Waals surface area (Å²) < 4.78 is 0. The van der Waals surface area contributed by atoms with Crippen molar-refractivity contribution in [2.75, 3.05) is 0 Å². The van der Waals surface area contributed by atoms with Crippen molar-refractivity contribution in [2.24, 2.45) is 0 Å². The van der Waals surface area contributed by atoms with E-state index in [9.17, 15) is 4.79 Å². The second-order valence-electron chi connectivity index (χ2n) is 6.47. The normalized spacial score (nSPS) is 11.3. The largest absolute Gasteiger partial charge is 0.477 e. The van der Waals surface area contributed by atoms with Crippen molar-refractivity contribution < 1.29 is 20.1 Å². The molecule has 0 spiro atoms. The van der Waals surface area contributed by atoms with Crippen molar-refractivity contribution in [1.29, 1.82) is 0 Å². The Morgan fingerprint density at radius 3 is 1.30 bits per heavy atom. The molecule has 0 aliphatic heterocycles. The van der Waals surface area contributed by atoms with Gasteiger partial charge in [0.25, 0.3) is 5.79 Å². The maximum absolute atomic E-state index is 10.5. The van der Waals surface area contributed by atoms with Crippen molar-refractivity contribution in [3.8, 4) is 0 Å². The summed E-state index contributed by atoms with van der Waals surface area (Å²) in [5, 5.41) is 26.8. The summed E-state index contributed by atoms with van der Waals surface area (Å²) >= 11 is 0. The van der Waals surface area contributed by atoms with Crippen molar-refractivity contribution in [1.82, 2.24) is 0 Å². The van der Waals surface area contributed by atoms with Crippen LogP contribution in [0, 0.1) is 0 Å². The first-order valence-electron chi connectivity index (χ1n) is 9.19. The summed E-state index contributed by atoms with van der Waals surface area (Å²) in [4.78, 5) is 10.5. The van der Waals surface area contributed by atoms with Crippen LogP contribution in [0.5, 0.6) is 0 Å². The summed E-state index contributed by atoms with van der Waals surface area (Å²) in [7, 11) is 0. The second kappa shape index (κ2) is 16.8. The fraction of sp³-hybridized carbons (Fsp3) is 0.944. The predicted molar refractivity (Wildman–Crippen MR) is 95.5 cm³/mol. The van der Waals surface area contributed by atoms with Gasteiger partial charge in [-0.15, -0.1) is 0 Å². The zero-order chi connectivity index (χ0) is 16.7. The van der Waals surface area contributed by atoms with Gasteiger partial charge in [-0.2, -0.15) is 0 Å². The van der Waals surface area contributed by atoms with Gasteiger partial charge in [0.15, 0.2) is 0 Å². The van der Waals surface area contributed by atoms with Crippen molar-refractivity contribution >= 4 is 24.8 Å². The Morgan fingerprint density at radius 1 is 0.696 bits per heavy atom. The molecule has 0 aromatic carbocycles. The van der Waals surface area contributed by atoms with Crippen molar-refractivity contribution in [2.45, 2.75) is 109 Å². The SMILES string of the molecule is CCCCCCCCCCCCCCCCC(O)(O)C(=O)O.[Li]. The van der Waals surface area contributed by atoms with Gasteiger partial charge in [-0.3, -0.25) is 0 Å². The number of hydrogen-bond acceptors (Lipinski definition) is 3. The molecule has 0 fully saturated rings. The Hall–Kier alpha value is -0.0126. The van der Waals surface area contributed by atoms with Crippen LogP contribution >= 0.6 is 0 Å². The van der Waals surface area contributed by atoms with E-state index in [2.05, 4.69) is 6.92 Å². The first kappa shape index (κ1) is 25.2. The van der Waals surface area contributed by atoms with Gasteiger partial charge in [0, 0.05) is 25.3 Å². The number of rotatable bonds is 16. The number of aliphatic hydroxyl groups is 2. The number of hydrogen-bond donors (Lipinski definition) is 3. The van der Waals surface area contributed by atoms with Crippen LogP contribution in [0.25, 0.3) is 0 Å². The molecule has 0 heterocycles. The average molecular weight is 323 g/mol. The molecule has 0 unspecified atom stereocenters. The summed E-state index contributed by atoms with van der Waals surface area (Å²) in [6.07, 6.45) is 17.0. The molecule has 0 aliphatic rings. The van der Waals surface area contributed by atoms with E-state index in [0.29, 0.717) is 6.42 Å². The monoisotopic (exact) mass is 323 g/mol. The number of carboxylic acid groups (broad SMARTS) is 1. The molecule has 5 heteroatoms. The molecule has 23 heavy (non-hydrogen) atoms. The van der Waals surface area contributed by atoms with Gasteiger partial charge >= 0.3 is 5.97 Å². The van der Waals surface area contributed by atoms with Crippen LogP contribution in [-0.2, 0) is 4.79 Å². The van der Waals surface area contributed by atoms with Crippen LogP contribution in [0.3, 0.4) is 0 Å². The smallest absolute Gasteiger partial charge is 0.364 e. The van der Waals surface area contributed by atoms with Gasteiger partial charge in [-0.05, 0) is 6.42 Å². The van der Waals surface area contributed by atoms with Crippen LogP contribution in [0.15, 0.2) is 0 Å².